The smallest absolute Gasteiger partial charge is 0.0533 e. The minimum atomic E-state index is 0.516. The van der Waals surface area contributed by atoms with E-state index in [1.165, 1.54) is 38.6 Å². The van der Waals surface area contributed by atoms with Gasteiger partial charge in [0.05, 0.1) is 6.61 Å². The van der Waals surface area contributed by atoms with Gasteiger partial charge in [-0.15, -0.1) is 0 Å². The van der Waals surface area contributed by atoms with Crippen molar-refractivity contribution >= 4 is 0 Å². The first-order valence-electron chi connectivity index (χ1n) is 5.48. The van der Waals surface area contributed by atoms with Gasteiger partial charge < -0.3 is 9.64 Å². The van der Waals surface area contributed by atoms with E-state index < -0.39 is 0 Å². The number of fused-ring (bicyclic) bond motifs is 1. The van der Waals surface area contributed by atoms with Crippen molar-refractivity contribution in [1.82, 2.24) is 4.90 Å². The molecule has 1 unspecified atom stereocenters. The van der Waals surface area contributed by atoms with Crippen molar-refractivity contribution in [2.75, 3.05) is 27.3 Å². The molecule has 0 aromatic rings. The third-order valence-corrected chi connectivity index (χ3v) is 4.01. The highest BCUT2D eigenvalue weighted by molar-refractivity contribution is 4.99. The number of rotatable bonds is 2. The van der Waals surface area contributed by atoms with Gasteiger partial charge in [-0.25, -0.2) is 0 Å². The highest BCUT2D eigenvalue weighted by Crippen LogP contribution is 2.47. The fourth-order valence-electron chi connectivity index (χ4n) is 3.46. The minimum Gasteiger partial charge on any atom is -0.384 e. The summed E-state index contributed by atoms with van der Waals surface area (Å²) in [4.78, 5) is 2.55. The quantitative estimate of drug-likeness (QED) is 0.648. The van der Waals surface area contributed by atoms with E-state index in [1.54, 1.807) is 0 Å². The van der Waals surface area contributed by atoms with Crippen LogP contribution in [-0.4, -0.2) is 38.3 Å². The van der Waals surface area contributed by atoms with Gasteiger partial charge in [0.15, 0.2) is 0 Å². The topological polar surface area (TPSA) is 12.5 Å². The summed E-state index contributed by atoms with van der Waals surface area (Å²) < 4.78 is 5.41. The van der Waals surface area contributed by atoms with Crippen molar-refractivity contribution in [2.45, 2.75) is 38.1 Å². The number of likely N-dealkylation sites (tertiary alicyclic amines) is 1. The zero-order valence-electron chi connectivity index (χ0n) is 8.88. The predicted molar refractivity (Wildman–Crippen MR) is 53.8 cm³/mol. The second kappa shape index (κ2) is 3.58. The van der Waals surface area contributed by atoms with Crippen molar-refractivity contribution in [3.8, 4) is 0 Å². The molecule has 0 amide bonds. The molecule has 0 spiro atoms. The maximum absolute atomic E-state index is 5.41. The van der Waals surface area contributed by atoms with Crippen LogP contribution in [0.25, 0.3) is 0 Å². The van der Waals surface area contributed by atoms with Gasteiger partial charge in [0, 0.05) is 18.6 Å². The highest BCUT2D eigenvalue weighted by Gasteiger charge is 2.46. The van der Waals surface area contributed by atoms with Crippen LogP contribution in [0.15, 0.2) is 0 Å². The van der Waals surface area contributed by atoms with E-state index in [1.807, 2.05) is 7.11 Å². The molecule has 2 rings (SSSR count). The Hall–Kier alpha value is -0.0800. The number of ether oxygens (including phenoxy) is 1. The van der Waals surface area contributed by atoms with E-state index in [4.69, 9.17) is 4.74 Å². The number of piperidine rings is 1. The molecule has 0 aromatic carbocycles. The van der Waals surface area contributed by atoms with Gasteiger partial charge in [-0.05, 0) is 39.3 Å². The summed E-state index contributed by atoms with van der Waals surface area (Å²) in [5.74, 6) is 0. The Morgan fingerprint density at radius 1 is 1.38 bits per heavy atom. The van der Waals surface area contributed by atoms with E-state index in [2.05, 4.69) is 11.9 Å². The van der Waals surface area contributed by atoms with Gasteiger partial charge in [-0.2, -0.15) is 0 Å². The van der Waals surface area contributed by atoms with E-state index in [9.17, 15) is 0 Å². The molecular formula is C11H21NO. The Kier molecular flexibility index (Phi) is 2.61. The van der Waals surface area contributed by atoms with Crippen LogP contribution in [0.1, 0.15) is 32.1 Å². The number of nitrogens with zero attached hydrogens (tertiary/aromatic N) is 1. The zero-order chi connectivity index (χ0) is 9.31. The van der Waals surface area contributed by atoms with Gasteiger partial charge >= 0.3 is 0 Å². The lowest BCUT2D eigenvalue weighted by atomic mass is 9.76. The maximum Gasteiger partial charge on any atom is 0.0533 e. The molecule has 1 aliphatic heterocycles. The fourth-order valence-corrected chi connectivity index (χ4v) is 3.46. The third-order valence-electron chi connectivity index (χ3n) is 4.01. The average molecular weight is 183 g/mol. The van der Waals surface area contributed by atoms with Crippen molar-refractivity contribution in [1.29, 1.82) is 0 Å². The lowest BCUT2D eigenvalue weighted by Crippen LogP contribution is -2.49. The standard InChI is InChI=1S/C11H21NO/c1-12-8-4-7-11(9-13-2)6-3-5-10(11)12/h10H,3-9H2,1-2H3/t10-,11?/m1/s1. The number of methoxy groups -OCH3 is 1. The first-order chi connectivity index (χ1) is 6.28. The Morgan fingerprint density at radius 3 is 2.92 bits per heavy atom. The van der Waals surface area contributed by atoms with Crippen molar-refractivity contribution in [3.63, 3.8) is 0 Å². The summed E-state index contributed by atoms with van der Waals surface area (Å²) >= 11 is 0. The highest BCUT2D eigenvalue weighted by atomic mass is 16.5. The third kappa shape index (κ3) is 1.50. The Labute approximate surface area is 81.3 Å². The lowest BCUT2D eigenvalue weighted by molar-refractivity contribution is -0.00988. The van der Waals surface area contributed by atoms with Crippen LogP contribution in [0.3, 0.4) is 0 Å². The molecule has 2 nitrogen and oxygen atoms in total. The Morgan fingerprint density at radius 2 is 2.15 bits per heavy atom. The van der Waals surface area contributed by atoms with Gasteiger partial charge in [0.25, 0.3) is 0 Å². The van der Waals surface area contributed by atoms with Crippen LogP contribution in [-0.2, 0) is 4.74 Å². The summed E-state index contributed by atoms with van der Waals surface area (Å²) in [6, 6.07) is 0.807. The lowest BCUT2D eigenvalue weighted by Gasteiger charge is -2.44. The molecule has 1 heterocycles. The number of hydrogen-bond donors (Lipinski definition) is 0. The van der Waals surface area contributed by atoms with E-state index in [0.29, 0.717) is 5.41 Å². The molecule has 2 fully saturated rings. The second-order valence-electron chi connectivity index (χ2n) is 4.79. The largest absolute Gasteiger partial charge is 0.384 e. The molecule has 0 aromatic heterocycles. The van der Waals surface area contributed by atoms with Crippen molar-refractivity contribution < 1.29 is 4.74 Å². The molecular weight excluding hydrogens is 162 g/mol. The van der Waals surface area contributed by atoms with Crippen molar-refractivity contribution in [2.24, 2.45) is 5.41 Å². The summed E-state index contributed by atoms with van der Waals surface area (Å²) in [6.45, 7) is 2.26. The summed E-state index contributed by atoms with van der Waals surface area (Å²) in [7, 11) is 4.12. The summed E-state index contributed by atoms with van der Waals surface area (Å²) in [5.41, 5.74) is 0.516. The summed E-state index contributed by atoms with van der Waals surface area (Å²) in [6.07, 6.45) is 6.92. The van der Waals surface area contributed by atoms with Gasteiger partial charge in [0.2, 0.25) is 0 Å². The van der Waals surface area contributed by atoms with Gasteiger partial charge in [-0.1, -0.05) is 6.42 Å². The van der Waals surface area contributed by atoms with Gasteiger partial charge in [0.1, 0.15) is 0 Å². The van der Waals surface area contributed by atoms with Crippen LogP contribution >= 0.6 is 0 Å². The monoisotopic (exact) mass is 183 g/mol. The van der Waals surface area contributed by atoms with Gasteiger partial charge in [-0.3, -0.25) is 0 Å². The van der Waals surface area contributed by atoms with E-state index in [0.717, 1.165) is 12.6 Å². The molecule has 76 valence electrons. The molecule has 0 radical (unpaired) electrons. The molecule has 1 saturated heterocycles. The first kappa shape index (κ1) is 9.47. The Balaban J connectivity index is 2.12. The molecule has 1 saturated carbocycles. The summed E-state index contributed by atoms with van der Waals surface area (Å²) in [5, 5.41) is 0. The molecule has 2 atom stereocenters. The predicted octanol–water partition coefficient (Wildman–Crippen LogP) is 1.90. The molecule has 2 heteroatoms. The van der Waals surface area contributed by atoms with Crippen LogP contribution < -0.4 is 0 Å². The molecule has 2 aliphatic rings. The molecule has 0 bridgehead atoms. The Bertz CT molecular complexity index is 179. The normalized spacial score (nSPS) is 40.6. The number of hydrogen-bond acceptors (Lipinski definition) is 2. The first-order valence-corrected chi connectivity index (χ1v) is 5.48. The fraction of sp³-hybridized carbons (Fsp3) is 1.00. The van der Waals surface area contributed by atoms with Crippen LogP contribution in [0.5, 0.6) is 0 Å². The maximum atomic E-state index is 5.41. The molecule has 0 N–H and O–H groups in total. The molecule has 1 aliphatic carbocycles. The van der Waals surface area contributed by atoms with Crippen molar-refractivity contribution in [3.05, 3.63) is 0 Å². The van der Waals surface area contributed by atoms with E-state index >= 15 is 0 Å². The average Bonchev–Trinajstić information content (AvgIpc) is 2.50. The van der Waals surface area contributed by atoms with Crippen LogP contribution in [0.4, 0.5) is 0 Å². The van der Waals surface area contributed by atoms with E-state index in [-0.39, 0.29) is 0 Å². The zero-order valence-corrected chi connectivity index (χ0v) is 8.88. The SMILES string of the molecule is COCC12CCC[C@H]1N(C)CCC2. The van der Waals surface area contributed by atoms with Crippen LogP contribution in [0.2, 0.25) is 0 Å². The molecule has 13 heavy (non-hydrogen) atoms. The second-order valence-corrected chi connectivity index (χ2v) is 4.79. The minimum absolute atomic E-state index is 0.516. The van der Waals surface area contributed by atoms with Crippen LogP contribution in [0, 0.1) is 5.41 Å².